The van der Waals surface area contributed by atoms with Crippen molar-refractivity contribution in [3.63, 3.8) is 0 Å². The van der Waals surface area contributed by atoms with Gasteiger partial charge in [0.05, 0.1) is 13.2 Å². The van der Waals surface area contributed by atoms with Gasteiger partial charge in [0.15, 0.2) is 0 Å². The van der Waals surface area contributed by atoms with E-state index in [9.17, 15) is 4.79 Å². The molecule has 0 aromatic heterocycles. The second-order valence-corrected chi connectivity index (χ2v) is 4.35. The van der Waals surface area contributed by atoms with Gasteiger partial charge in [0.1, 0.15) is 6.04 Å². The third-order valence-electron chi connectivity index (χ3n) is 2.54. The zero-order valence-corrected chi connectivity index (χ0v) is 9.79. The lowest BCUT2D eigenvalue weighted by Crippen LogP contribution is -2.47. The van der Waals surface area contributed by atoms with E-state index >= 15 is 0 Å². The molecular formula is C11H21NO3. The SMILES string of the molecule is COC(=O)C(NCC(C)C)C1CCCO1. The van der Waals surface area contributed by atoms with Crippen LogP contribution in [0.25, 0.3) is 0 Å². The zero-order valence-electron chi connectivity index (χ0n) is 9.79. The number of hydrogen-bond donors (Lipinski definition) is 1. The first-order chi connectivity index (χ1) is 7.15. The summed E-state index contributed by atoms with van der Waals surface area (Å²) in [7, 11) is 1.42. The molecule has 4 nitrogen and oxygen atoms in total. The van der Waals surface area contributed by atoms with Gasteiger partial charge >= 0.3 is 5.97 Å². The van der Waals surface area contributed by atoms with Gasteiger partial charge in [-0.05, 0) is 25.3 Å². The molecule has 2 unspecified atom stereocenters. The van der Waals surface area contributed by atoms with Crippen molar-refractivity contribution in [2.75, 3.05) is 20.3 Å². The van der Waals surface area contributed by atoms with E-state index in [-0.39, 0.29) is 18.1 Å². The van der Waals surface area contributed by atoms with E-state index in [2.05, 4.69) is 19.2 Å². The number of rotatable bonds is 5. The summed E-state index contributed by atoms with van der Waals surface area (Å²) in [5.74, 6) is 0.293. The van der Waals surface area contributed by atoms with Crippen molar-refractivity contribution < 1.29 is 14.3 Å². The topological polar surface area (TPSA) is 47.6 Å². The van der Waals surface area contributed by atoms with Crippen LogP contribution in [0.15, 0.2) is 0 Å². The highest BCUT2D eigenvalue weighted by atomic mass is 16.5. The second kappa shape index (κ2) is 6.08. The monoisotopic (exact) mass is 215 g/mol. The van der Waals surface area contributed by atoms with Crippen LogP contribution in [0.3, 0.4) is 0 Å². The normalized spacial score (nSPS) is 23.1. The summed E-state index contributed by atoms with van der Waals surface area (Å²) in [4.78, 5) is 11.5. The predicted octanol–water partition coefficient (Wildman–Crippen LogP) is 0.953. The van der Waals surface area contributed by atoms with Crippen molar-refractivity contribution in [1.29, 1.82) is 0 Å². The molecule has 0 radical (unpaired) electrons. The molecular weight excluding hydrogens is 194 g/mol. The van der Waals surface area contributed by atoms with Crippen molar-refractivity contribution in [2.24, 2.45) is 5.92 Å². The second-order valence-electron chi connectivity index (χ2n) is 4.35. The summed E-state index contributed by atoms with van der Waals surface area (Å²) in [6, 6.07) is -0.306. The standard InChI is InChI=1S/C11H21NO3/c1-8(2)7-12-10(11(13)14-3)9-5-4-6-15-9/h8-10,12H,4-7H2,1-3H3. The summed E-state index contributed by atoms with van der Waals surface area (Å²) in [6.07, 6.45) is 1.95. The largest absolute Gasteiger partial charge is 0.468 e. The average molecular weight is 215 g/mol. The van der Waals surface area contributed by atoms with Crippen LogP contribution in [-0.4, -0.2) is 38.4 Å². The van der Waals surface area contributed by atoms with Crippen LogP contribution < -0.4 is 5.32 Å². The van der Waals surface area contributed by atoms with Gasteiger partial charge in [-0.1, -0.05) is 13.8 Å². The Bertz CT molecular complexity index is 200. The molecule has 0 amide bonds. The van der Waals surface area contributed by atoms with Crippen LogP contribution in [-0.2, 0) is 14.3 Å². The van der Waals surface area contributed by atoms with Crippen LogP contribution in [0.5, 0.6) is 0 Å². The lowest BCUT2D eigenvalue weighted by molar-refractivity contribution is -0.146. The lowest BCUT2D eigenvalue weighted by atomic mass is 10.1. The number of carbonyl (C=O) groups is 1. The van der Waals surface area contributed by atoms with E-state index in [1.165, 1.54) is 7.11 Å². The Morgan fingerprint density at radius 2 is 2.33 bits per heavy atom. The van der Waals surface area contributed by atoms with Crippen LogP contribution in [0.4, 0.5) is 0 Å². The number of ether oxygens (including phenoxy) is 2. The first kappa shape index (κ1) is 12.5. The molecule has 1 rings (SSSR count). The van der Waals surface area contributed by atoms with Crippen LogP contribution >= 0.6 is 0 Å². The van der Waals surface area contributed by atoms with Crippen LogP contribution in [0.2, 0.25) is 0 Å². The highest BCUT2D eigenvalue weighted by Gasteiger charge is 2.32. The Hall–Kier alpha value is -0.610. The minimum absolute atomic E-state index is 0.0174. The predicted molar refractivity (Wildman–Crippen MR) is 57.6 cm³/mol. The molecule has 0 aromatic rings. The van der Waals surface area contributed by atoms with Crippen molar-refractivity contribution in [3.05, 3.63) is 0 Å². The Morgan fingerprint density at radius 1 is 1.60 bits per heavy atom. The van der Waals surface area contributed by atoms with Gasteiger partial charge in [-0.15, -0.1) is 0 Å². The summed E-state index contributed by atoms with van der Waals surface area (Å²) in [6.45, 7) is 5.77. The third-order valence-corrected chi connectivity index (χ3v) is 2.54. The third kappa shape index (κ3) is 3.80. The van der Waals surface area contributed by atoms with E-state index < -0.39 is 0 Å². The summed E-state index contributed by atoms with van der Waals surface area (Å²) in [5.41, 5.74) is 0. The first-order valence-electron chi connectivity index (χ1n) is 5.58. The number of nitrogens with one attached hydrogen (secondary N) is 1. The quantitative estimate of drug-likeness (QED) is 0.694. The highest BCUT2D eigenvalue weighted by Crippen LogP contribution is 2.16. The Balaban J connectivity index is 2.48. The van der Waals surface area contributed by atoms with Gasteiger partial charge in [0, 0.05) is 6.61 Å². The Kier molecular flexibility index (Phi) is 5.05. The molecule has 4 heteroatoms. The molecule has 15 heavy (non-hydrogen) atoms. The lowest BCUT2D eigenvalue weighted by Gasteiger charge is -2.22. The fourth-order valence-corrected chi connectivity index (χ4v) is 1.72. The maximum Gasteiger partial charge on any atom is 0.325 e. The van der Waals surface area contributed by atoms with Crippen molar-refractivity contribution in [2.45, 2.75) is 38.8 Å². The van der Waals surface area contributed by atoms with Crippen LogP contribution in [0.1, 0.15) is 26.7 Å². The van der Waals surface area contributed by atoms with Gasteiger partial charge in [0.25, 0.3) is 0 Å². The number of hydrogen-bond acceptors (Lipinski definition) is 4. The van der Waals surface area contributed by atoms with E-state index in [0.29, 0.717) is 5.92 Å². The summed E-state index contributed by atoms with van der Waals surface area (Å²) >= 11 is 0. The zero-order chi connectivity index (χ0) is 11.3. The fraction of sp³-hybridized carbons (Fsp3) is 0.909. The molecule has 1 saturated heterocycles. The van der Waals surface area contributed by atoms with E-state index in [1.807, 2.05) is 0 Å². The summed E-state index contributed by atoms with van der Waals surface area (Å²) < 4.78 is 10.3. The van der Waals surface area contributed by atoms with Gasteiger partial charge in [0.2, 0.25) is 0 Å². The molecule has 1 N–H and O–H groups in total. The Labute approximate surface area is 91.3 Å². The molecule has 1 aliphatic rings. The van der Waals surface area contributed by atoms with E-state index in [1.54, 1.807) is 0 Å². The molecule has 88 valence electrons. The van der Waals surface area contributed by atoms with Gasteiger partial charge in [-0.2, -0.15) is 0 Å². The molecule has 0 aliphatic carbocycles. The molecule has 1 aliphatic heterocycles. The van der Waals surface area contributed by atoms with Gasteiger partial charge in [-0.3, -0.25) is 4.79 Å². The number of methoxy groups -OCH3 is 1. The average Bonchev–Trinajstić information content (AvgIpc) is 2.70. The molecule has 0 spiro atoms. The molecule has 1 fully saturated rings. The number of esters is 1. The molecule has 1 heterocycles. The van der Waals surface area contributed by atoms with Gasteiger partial charge < -0.3 is 14.8 Å². The van der Waals surface area contributed by atoms with Gasteiger partial charge in [-0.25, -0.2) is 0 Å². The highest BCUT2D eigenvalue weighted by molar-refractivity contribution is 5.76. The maximum atomic E-state index is 11.5. The molecule has 0 bridgehead atoms. The molecule has 2 atom stereocenters. The van der Waals surface area contributed by atoms with Crippen molar-refractivity contribution >= 4 is 5.97 Å². The first-order valence-corrected chi connectivity index (χ1v) is 5.58. The Morgan fingerprint density at radius 3 is 2.80 bits per heavy atom. The molecule has 0 aromatic carbocycles. The molecule has 0 saturated carbocycles. The minimum Gasteiger partial charge on any atom is -0.468 e. The van der Waals surface area contributed by atoms with Crippen molar-refractivity contribution in [1.82, 2.24) is 5.32 Å². The van der Waals surface area contributed by atoms with E-state index in [0.717, 1.165) is 26.0 Å². The summed E-state index contributed by atoms with van der Waals surface area (Å²) in [5, 5.41) is 3.21. The number of carbonyl (C=O) groups excluding carboxylic acids is 1. The smallest absolute Gasteiger partial charge is 0.325 e. The van der Waals surface area contributed by atoms with Crippen molar-refractivity contribution in [3.8, 4) is 0 Å². The van der Waals surface area contributed by atoms with E-state index in [4.69, 9.17) is 9.47 Å². The van der Waals surface area contributed by atoms with Crippen LogP contribution in [0, 0.1) is 5.92 Å². The fourth-order valence-electron chi connectivity index (χ4n) is 1.72. The maximum absolute atomic E-state index is 11.5. The minimum atomic E-state index is -0.306.